The molecule has 0 bridgehead atoms. The molecule has 3 atom stereocenters. The van der Waals surface area contributed by atoms with Gasteiger partial charge in [0.25, 0.3) is 0 Å². The summed E-state index contributed by atoms with van der Waals surface area (Å²) in [6.07, 6.45) is 1.80. The fraction of sp³-hybridized carbons (Fsp3) is 0.467. The highest BCUT2D eigenvalue weighted by atomic mass is 19.2. The molecule has 1 amide bonds. The van der Waals surface area contributed by atoms with Crippen LogP contribution in [0.3, 0.4) is 0 Å². The molecule has 1 aromatic carbocycles. The number of amides is 1. The number of halogens is 2. The van der Waals surface area contributed by atoms with Crippen LogP contribution in [0, 0.1) is 29.4 Å². The first-order chi connectivity index (χ1) is 9.92. The van der Waals surface area contributed by atoms with E-state index in [4.69, 9.17) is 0 Å². The lowest BCUT2D eigenvalue weighted by atomic mass is 9.95. The summed E-state index contributed by atoms with van der Waals surface area (Å²) in [5.74, 6) is -4.66. The molecule has 0 aliphatic heterocycles. The van der Waals surface area contributed by atoms with E-state index in [-0.39, 0.29) is 11.6 Å². The van der Waals surface area contributed by atoms with Crippen molar-refractivity contribution in [3.05, 3.63) is 29.8 Å². The number of hydrogen-bond donors (Lipinski definition) is 2. The maximum atomic E-state index is 13.1. The van der Waals surface area contributed by atoms with Gasteiger partial charge in [0.05, 0.1) is 11.8 Å². The molecule has 0 heterocycles. The van der Waals surface area contributed by atoms with Crippen molar-refractivity contribution in [2.24, 2.45) is 17.8 Å². The van der Waals surface area contributed by atoms with E-state index < -0.39 is 35.3 Å². The predicted octanol–water partition coefficient (Wildman–Crippen LogP) is 3.04. The van der Waals surface area contributed by atoms with E-state index in [1.54, 1.807) is 0 Å². The second kappa shape index (κ2) is 6.20. The summed E-state index contributed by atoms with van der Waals surface area (Å²) in [7, 11) is 0. The van der Waals surface area contributed by atoms with E-state index in [0.29, 0.717) is 12.8 Å². The maximum Gasteiger partial charge on any atom is 0.307 e. The van der Waals surface area contributed by atoms with Gasteiger partial charge in [-0.25, -0.2) is 8.78 Å². The number of carboxylic acids is 1. The van der Waals surface area contributed by atoms with Crippen LogP contribution in [-0.4, -0.2) is 17.0 Å². The van der Waals surface area contributed by atoms with Gasteiger partial charge in [-0.2, -0.15) is 0 Å². The van der Waals surface area contributed by atoms with Crippen molar-refractivity contribution in [2.75, 3.05) is 5.32 Å². The lowest BCUT2D eigenvalue weighted by molar-refractivity contribution is -0.145. The number of carboxylic acid groups (broad SMARTS) is 1. The average Bonchev–Trinajstić information content (AvgIpc) is 2.87. The fourth-order valence-electron chi connectivity index (χ4n) is 2.85. The van der Waals surface area contributed by atoms with Crippen molar-refractivity contribution in [1.82, 2.24) is 0 Å². The van der Waals surface area contributed by atoms with Gasteiger partial charge in [0.1, 0.15) is 0 Å². The van der Waals surface area contributed by atoms with Crippen LogP contribution in [0.25, 0.3) is 0 Å². The highest BCUT2D eigenvalue weighted by molar-refractivity contribution is 5.95. The van der Waals surface area contributed by atoms with Crippen molar-refractivity contribution in [1.29, 1.82) is 0 Å². The van der Waals surface area contributed by atoms with Crippen molar-refractivity contribution in [3.63, 3.8) is 0 Å². The minimum absolute atomic E-state index is 0.128. The van der Waals surface area contributed by atoms with Gasteiger partial charge in [0.2, 0.25) is 5.91 Å². The van der Waals surface area contributed by atoms with Gasteiger partial charge in [-0.1, -0.05) is 13.3 Å². The minimum Gasteiger partial charge on any atom is -0.481 e. The van der Waals surface area contributed by atoms with Gasteiger partial charge in [0, 0.05) is 11.8 Å². The summed E-state index contributed by atoms with van der Waals surface area (Å²) in [5.41, 5.74) is 0.128. The van der Waals surface area contributed by atoms with Crippen molar-refractivity contribution in [3.8, 4) is 0 Å². The minimum atomic E-state index is -1.06. The summed E-state index contributed by atoms with van der Waals surface area (Å²) < 4.78 is 25.9. The molecule has 0 aromatic heterocycles. The Morgan fingerprint density at radius 2 is 1.90 bits per heavy atom. The van der Waals surface area contributed by atoms with E-state index >= 15 is 0 Å². The molecule has 2 rings (SSSR count). The monoisotopic (exact) mass is 297 g/mol. The number of carbonyl (C=O) groups excluding carboxylic acids is 1. The summed E-state index contributed by atoms with van der Waals surface area (Å²) in [6.45, 7) is 1.96. The van der Waals surface area contributed by atoms with Gasteiger partial charge in [-0.15, -0.1) is 0 Å². The van der Waals surface area contributed by atoms with Gasteiger partial charge >= 0.3 is 5.97 Å². The van der Waals surface area contributed by atoms with Crippen LogP contribution in [0.5, 0.6) is 0 Å². The molecule has 0 saturated heterocycles. The molecule has 0 radical (unpaired) electrons. The Bertz CT molecular complexity index is 562. The Kier molecular flexibility index (Phi) is 4.55. The summed E-state index contributed by atoms with van der Waals surface area (Å²) >= 11 is 0. The summed E-state index contributed by atoms with van der Waals surface area (Å²) in [6, 6.07) is 3.05. The third-order valence-corrected chi connectivity index (χ3v) is 4.08. The molecule has 3 unspecified atom stereocenters. The first-order valence-corrected chi connectivity index (χ1v) is 6.91. The van der Waals surface area contributed by atoms with Gasteiger partial charge in [-0.05, 0) is 30.9 Å². The van der Waals surface area contributed by atoms with Crippen LogP contribution in [0.15, 0.2) is 18.2 Å². The van der Waals surface area contributed by atoms with Crippen LogP contribution >= 0.6 is 0 Å². The van der Waals surface area contributed by atoms with Gasteiger partial charge in [-0.3, -0.25) is 9.59 Å². The Morgan fingerprint density at radius 1 is 1.24 bits per heavy atom. The standard InChI is InChI=1S/C15H17F2NO3/c1-2-8-5-10(11(6-8)15(20)21)14(19)18-9-3-4-12(16)13(17)7-9/h3-4,7-8,10-11H,2,5-6H2,1H3,(H,18,19)(H,20,21). The van der Waals surface area contributed by atoms with E-state index in [1.807, 2.05) is 6.92 Å². The largest absolute Gasteiger partial charge is 0.481 e. The van der Waals surface area contributed by atoms with E-state index in [9.17, 15) is 23.5 Å². The fourth-order valence-corrected chi connectivity index (χ4v) is 2.85. The first kappa shape index (κ1) is 15.4. The number of aliphatic carboxylic acids is 1. The van der Waals surface area contributed by atoms with Gasteiger partial charge < -0.3 is 10.4 Å². The molecule has 1 aromatic rings. The average molecular weight is 297 g/mol. The molecule has 21 heavy (non-hydrogen) atoms. The second-order valence-electron chi connectivity index (χ2n) is 5.42. The normalized spacial score (nSPS) is 24.8. The quantitative estimate of drug-likeness (QED) is 0.897. The third kappa shape index (κ3) is 3.37. The van der Waals surface area contributed by atoms with E-state index in [1.165, 1.54) is 6.07 Å². The van der Waals surface area contributed by atoms with Crippen molar-refractivity contribution < 1.29 is 23.5 Å². The molecule has 114 valence electrons. The van der Waals surface area contributed by atoms with E-state index in [0.717, 1.165) is 18.6 Å². The molecule has 2 N–H and O–H groups in total. The Hall–Kier alpha value is -1.98. The van der Waals surface area contributed by atoms with Crippen molar-refractivity contribution >= 4 is 17.6 Å². The van der Waals surface area contributed by atoms with Crippen LogP contribution < -0.4 is 5.32 Å². The SMILES string of the molecule is CCC1CC(C(=O)O)C(C(=O)Nc2ccc(F)c(F)c2)C1. The molecule has 4 nitrogen and oxygen atoms in total. The topological polar surface area (TPSA) is 66.4 Å². The number of hydrogen-bond acceptors (Lipinski definition) is 2. The number of nitrogens with one attached hydrogen (secondary N) is 1. The zero-order chi connectivity index (χ0) is 15.6. The number of anilines is 1. The second-order valence-corrected chi connectivity index (χ2v) is 5.42. The molecule has 1 aliphatic carbocycles. The molecule has 6 heteroatoms. The first-order valence-electron chi connectivity index (χ1n) is 6.91. The number of rotatable bonds is 4. The molecule has 0 spiro atoms. The Labute approximate surface area is 121 Å². The number of benzene rings is 1. The third-order valence-electron chi connectivity index (χ3n) is 4.08. The molecule has 1 aliphatic rings. The van der Waals surface area contributed by atoms with Crippen LogP contribution in [0.1, 0.15) is 26.2 Å². The Morgan fingerprint density at radius 3 is 2.48 bits per heavy atom. The number of carbonyl (C=O) groups is 2. The molecule has 1 fully saturated rings. The Balaban J connectivity index is 2.11. The van der Waals surface area contributed by atoms with Crippen LogP contribution in [0.2, 0.25) is 0 Å². The predicted molar refractivity (Wildman–Crippen MR) is 72.6 cm³/mol. The van der Waals surface area contributed by atoms with Crippen LogP contribution in [0.4, 0.5) is 14.5 Å². The molecule has 1 saturated carbocycles. The summed E-state index contributed by atoms with van der Waals surface area (Å²) in [4.78, 5) is 23.4. The summed E-state index contributed by atoms with van der Waals surface area (Å²) in [5, 5.41) is 11.7. The lowest BCUT2D eigenvalue weighted by Gasteiger charge is -2.15. The lowest BCUT2D eigenvalue weighted by Crippen LogP contribution is -2.30. The molecular weight excluding hydrogens is 280 g/mol. The molecular formula is C15H17F2NO3. The highest BCUT2D eigenvalue weighted by Gasteiger charge is 2.42. The zero-order valence-electron chi connectivity index (χ0n) is 11.6. The van der Waals surface area contributed by atoms with Crippen molar-refractivity contribution in [2.45, 2.75) is 26.2 Å². The zero-order valence-corrected chi connectivity index (χ0v) is 11.6. The van der Waals surface area contributed by atoms with E-state index in [2.05, 4.69) is 5.32 Å². The van der Waals surface area contributed by atoms with Crippen LogP contribution in [-0.2, 0) is 9.59 Å². The highest BCUT2D eigenvalue weighted by Crippen LogP contribution is 2.39. The smallest absolute Gasteiger partial charge is 0.307 e. The van der Waals surface area contributed by atoms with Gasteiger partial charge in [0.15, 0.2) is 11.6 Å². The maximum absolute atomic E-state index is 13.1.